The van der Waals surface area contributed by atoms with Gasteiger partial charge in [-0.15, -0.1) is 12.4 Å². The van der Waals surface area contributed by atoms with E-state index in [9.17, 15) is 4.79 Å². The summed E-state index contributed by atoms with van der Waals surface area (Å²) in [6.45, 7) is 8.14. The number of hydrogen-bond donors (Lipinski definition) is 2. The number of nitrogens with two attached hydrogens (primary N) is 1. The van der Waals surface area contributed by atoms with Crippen LogP contribution in [0.15, 0.2) is 24.3 Å². The minimum Gasteiger partial charge on any atom is -0.402 e. The highest BCUT2D eigenvalue weighted by Gasteiger charge is 2.54. The van der Waals surface area contributed by atoms with Gasteiger partial charge in [0.2, 0.25) is 5.91 Å². The topological polar surface area (TPSA) is 82.8 Å². The SMILES string of the molecule is COCC(N)C(=O)N[C@@H](CCCc1cccc(Cl)c1)B1OC(C)(C)C(C)(C)O1.Cl. The monoisotopic (exact) mass is 446 g/mol. The van der Waals surface area contributed by atoms with Gasteiger partial charge >= 0.3 is 7.12 Å². The van der Waals surface area contributed by atoms with E-state index in [0.29, 0.717) is 6.42 Å². The van der Waals surface area contributed by atoms with Gasteiger partial charge in [-0.3, -0.25) is 4.79 Å². The Labute approximate surface area is 185 Å². The summed E-state index contributed by atoms with van der Waals surface area (Å²) in [4.78, 5) is 12.5. The molecule has 0 saturated carbocycles. The third-order valence-corrected chi connectivity index (χ3v) is 5.72. The average Bonchev–Trinajstić information content (AvgIpc) is 2.81. The van der Waals surface area contributed by atoms with Gasteiger partial charge in [0.15, 0.2) is 0 Å². The van der Waals surface area contributed by atoms with Gasteiger partial charge in [0, 0.05) is 12.1 Å². The van der Waals surface area contributed by atoms with Crippen LogP contribution < -0.4 is 11.1 Å². The molecule has 0 bridgehead atoms. The zero-order valence-electron chi connectivity index (χ0n) is 17.9. The molecule has 1 aromatic rings. The van der Waals surface area contributed by atoms with E-state index >= 15 is 0 Å². The van der Waals surface area contributed by atoms with Crippen molar-refractivity contribution in [2.24, 2.45) is 5.73 Å². The molecule has 0 spiro atoms. The van der Waals surface area contributed by atoms with E-state index in [4.69, 9.17) is 31.4 Å². The molecule has 6 nitrogen and oxygen atoms in total. The Hall–Kier alpha value is -0.825. The largest absolute Gasteiger partial charge is 0.481 e. The van der Waals surface area contributed by atoms with Crippen LogP contribution in [0.25, 0.3) is 0 Å². The van der Waals surface area contributed by atoms with Gasteiger partial charge in [-0.25, -0.2) is 0 Å². The third-order valence-electron chi connectivity index (χ3n) is 5.48. The van der Waals surface area contributed by atoms with E-state index in [0.717, 1.165) is 23.4 Å². The van der Waals surface area contributed by atoms with Crippen molar-refractivity contribution in [2.45, 2.75) is 70.1 Å². The lowest BCUT2D eigenvalue weighted by molar-refractivity contribution is -0.123. The molecule has 29 heavy (non-hydrogen) atoms. The van der Waals surface area contributed by atoms with Crippen LogP contribution in [0, 0.1) is 0 Å². The normalized spacial score (nSPS) is 19.3. The van der Waals surface area contributed by atoms with Crippen LogP contribution >= 0.6 is 24.0 Å². The zero-order valence-corrected chi connectivity index (χ0v) is 19.4. The summed E-state index contributed by atoms with van der Waals surface area (Å²) in [6.07, 6.45) is 2.38. The predicted octanol–water partition coefficient (Wildman–Crippen LogP) is 3.17. The van der Waals surface area contributed by atoms with Gasteiger partial charge < -0.3 is 25.1 Å². The van der Waals surface area contributed by atoms with E-state index in [-0.39, 0.29) is 30.9 Å². The van der Waals surface area contributed by atoms with Crippen molar-refractivity contribution >= 4 is 37.0 Å². The molecule has 1 heterocycles. The van der Waals surface area contributed by atoms with Crippen molar-refractivity contribution in [2.75, 3.05) is 13.7 Å². The molecule has 1 aliphatic rings. The molecule has 2 atom stereocenters. The number of ether oxygens (including phenoxy) is 1. The molecule has 1 aliphatic heterocycles. The molecule has 164 valence electrons. The second-order valence-corrected chi connectivity index (χ2v) is 8.76. The summed E-state index contributed by atoms with van der Waals surface area (Å²) in [6, 6.07) is 7.06. The summed E-state index contributed by atoms with van der Waals surface area (Å²) < 4.78 is 17.3. The highest BCUT2D eigenvalue weighted by atomic mass is 35.5. The Morgan fingerprint density at radius 2 is 1.90 bits per heavy atom. The molecular weight excluding hydrogens is 414 g/mol. The lowest BCUT2D eigenvalue weighted by Crippen LogP contribution is -2.53. The van der Waals surface area contributed by atoms with Crippen LogP contribution in [0.5, 0.6) is 0 Å². The number of nitrogens with one attached hydrogen (secondary N) is 1. The molecular formula is C20H33BCl2N2O4. The standard InChI is InChI=1S/C20H32BClN2O4.ClH/c1-19(2)20(3,4)28-21(27-19)17(24-18(25)16(23)13-26-5)11-7-9-14-8-6-10-15(22)12-14;/h6,8,10,12,16-17H,7,9,11,13,23H2,1-5H3,(H,24,25);1H/t16?,17-;/m0./s1. The van der Waals surface area contributed by atoms with Crippen LogP contribution in [-0.2, 0) is 25.3 Å². The molecule has 0 aromatic heterocycles. The number of methoxy groups -OCH3 is 1. The van der Waals surface area contributed by atoms with Crippen molar-refractivity contribution in [3.05, 3.63) is 34.9 Å². The lowest BCUT2D eigenvalue weighted by Gasteiger charge is -2.32. The second-order valence-electron chi connectivity index (χ2n) is 8.32. The van der Waals surface area contributed by atoms with Gasteiger partial charge in [-0.1, -0.05) is 23.7 Å². The summed E-state index contributed by atoms with van der Waals surface area (Å²) in [5.41, 5.74) is 6.10. The fourth-order valence-electron chi connectivity index (χ4n) is 3.09. The Balaban J connectivity index is 0.00000420. The van der Waals surface area contributed by atoms with Crippen molar-refractivity contribution in [3.8, 4) is 0 Å². The van der Waals surface area contributed by atoms with Crippen LogP contribution in [-0.4, -0.2) is 49.9 Å². The maximum Gasteiger partial charge on any atom is 0.481 e. The highest BCUT2D eigenvalue weighted by molar-refractivity contribution is 6.48. The molecule has 1 saturated heterocycles. The number of rotatable bonds is 9. The molecule has 3 N–H and O–H groups in total. The number of amides is 1. The maximum atomic E-state index is 12.5. The van der Waals surface area contributed by atoms with Crippen molar-refractivity contribution in [3.63, 3.8) is 0 Å². The van der Waals surface area contributed by atoms with Gasteiger partial charge in [0.25, 0.3) is 0 Å². The van der Waals surface area contributed by atoms with Gasteiger partial charge in [-0.05, 0) is 64.7 Å². The lowest BCUT2D eigenvalue weighted by atomic mass is 9.75. The first-order valence-corrected chi connectivity index (χ1v) is 10.1. The molecule has 0 aliphatic carbocycles. The maximum absolute atomic E-state index is 12.5. The van der Waals surface area contributed by atoms with Gasteiger partial charge in [0.1, 0.15) is 6.04 Å². The quantitative estimate of drug-likeness (QED) is 0.569. The summed E-state index contributed by atoms with van der Waals surface area (Å²) in [5.74, 6) is -0.583. The summed E-state index contributed by atoms with van der Waals surface area (Å²) in [5, 5.41) is 3.72. The van der Waals surface area contributed by atoms with E-state index in [1.807, 2.05) is 52.0 Å². The fraction of sp³-hybridized carbons (Fsp3) is 0.650. The van der Waals surface area contributed by atoms with Gasteiger partial charge in [0.05, 0.1) is 23.8 Å². The minimum absolute atomic E-state index is 0. The van der Waals surface area contributed by atoms with Crippen LogP contribution in [0.1, 0.15) is 46.1 Å². The Bertz CT molecular complexity index is 660. The van der Waals surface area contributed by atoms with E-state index in [2.05, 4.69) is 5.32 Å². The summed E-state index contributed by atoms with van der Waals surface area (Å²) >= 11 is 6.06. The highest BCUT2D eigenvalue weighted by Crippen LogP contribution is 2.38. The second kappa shape index (κ2) is 11.0. The fourth-order valence-corrected chi connectivity index (χ4v) is 3.31. The first-order valence-electron chi connectivity index (χ1n) is 9.71. The van der Waals surface area contributed by atoms with Crippen LogP contribution in [0.3, 0.4) is 0 Å². The third kappa shape index (κ3) is 7.12. The Kier molecular flexibility index (Phi) is 9.93. The van der Waals surface area contributed by atoms with Crippen molar-refractivity contribution < 1.29 is 18.8 Å². The van der Waals surface area contributed by atoms with Crippen LogP contribution in [0.4, 0.5) is 0 Å². The first-order chi connectivity index (χ1) is 13.1. The number of benzene rings is 1. The first kappa shape index (κ1) is 26.2. The Morgan fingerprint density at radius 1 is 1.28 bits per heavy atom. The van der Waals surface area contributed by atoms with Crippen molar-refractivity contribution in [1.29, 1.82) is 0 Å². The molecule has 1 fully saturated rings. The summed E-state index contributed by atoms with van der Waals surface area (Å²) in [7, 11) is 0.979. The molecule has 1 amide bonds. The van der Waals surface area contributed by atoms with Gasteiger partial charge in [-0.2, -0.15) is 0 Å². The van der Waals surface area contributed by atoms with Crippen molar-refractivity contribution in [1.82, 2.24) is 5.32 Å². The van der Waals surface area contributed by atoms with E-state index in [1.54, 1.807) is 0 Å². The number of carbonyl (C=O) groups excluding carboxylic acids is 1. The molecule has 2 rings (SSSR count). The predicted molar refractivity (Wildman–Crippen MR) is 120 cm³/mol. The number of hydrogen-bond acceptors (Lipinski definition) is 5. The number of aryl methyl sites for hydroxylation is 1. The minimum atomic E-state index is -0.733. The average molecular weight is 447 g/mol. The van der Waals surface area contributed by atoms with E-state index < -0.39 is 24.4 Å². The van der Waals surface area contributed by atoms with E-state index in [1.165, 1.54) is 7.11 Å². The Morgan fingerprint density at radius 3 is 2.45 bits per heavy atom. The molecule has 1 unspecified atom stereocenters. The zero-order chi connectivity index (χ0) is 20.9. The number of carbonyl (C=O) groups is 1. The smallest absolute Gasteiger partial charge is 0.402 e. The molecule has 0 radical (unpaired) electrons. The number of halogens is 2. The molecule has 1 aromatic carbocycles. The van der Waals surface area contributed by atoms with Crippen LogP contribution in [0.2, 0.25) is 5.02 Å². The molecule has 9 heteroatoms.